The molecule has 0 unspecified atom stereocenters. The molecule has 0 heterocycles. The minimum absolute atomic E-state index is 0.0302. The van der Waals surface area contributed by atoms with Gasteiger partial charge in [0.25, 0.3) is 0 Å². The monoisotopic (exact) mass is 294 g/mol. The van der Waals surface area contributed by atoms with Crippen LogP contribution in [0.2, 0.25) is 0 Å². The van der Waals surface area contributed by atoms with Crippen molar-refractivity contribution in [2.75, 3.05) is 5.33 Å². The van der Waals surface area contributed by atoms with Gasteiger partial charge in [0.15, 0.2) is 11.5 Å². The fraction of sp³-hybridized carbons (Fsp3) is 0.300. The lowest BCUT2D eigenvalue weighted by atomic mass is 10.1. The van der Waals surface area contributed by atoms with E-state index in [1.54, 1.807) is 0 Å². The van der Waals surface area contributed by atoms with E-state index in [0.717, 1.165) is 0 Å². The number of halogens is 3. The molecule has 0 radical (unpaired) electrons. The SMILES string of the molecule is O=C(CBr)Cc1cccc(OC(F)F)c1O. The minimum Gasteiger partial charge on any atom is -0.504 e. The summed E-state index contributed by atoms with van der Waals surface area (Å²) in [5.41, 5.74) is 0.266. The summed E-state index contributed by atoms with van der Waals surface area (Å²) in [7, 11) is 0. The number of ether oxygens (including phenoxy) is 1. The average molecular weight is 295 g/mol. The Kier molecular flexibility index (Phi) is 4.67. The van der Waals surface area contributed by atoms with Gasteiger partial charge in [0, 0.05) is 12.0 Å². The van der Waals surface area contributed by atoms with Gasteiger partial charge < -0.3 is 9.84 Å². The highest BCUT2D eigenvalue weighted by molar-refractivity contribution is 9.09. The molecule has 0 saturated heterocycles. The van der Waals surface area contributed by atoms with Crippen molar-refractivity contribution in [2.45, 2.75) is 13.0 Å². The third-order valence-corrected chi connectivity index (χ3v) is 2.46. The minimum atomic E-state index is -3.01. The molecule has 0 aliphatic heterocycles. The number of carbonyl (C=O) groups excluding carboxylic acids is 1. The first-order valence-corrected chi connectivity index (χ1v) is 5.50. The van der Waals surface area contributed by atoms with Gasteiger partial charge in [0.2, 0.25) is 0 Å². The van der Waals surface area contributed by atoms with Crippen LogP contribution in [0.5, 0.6) is 11.5 Å². The number of benzene rings is 1. The van der Waals surface area contributed by atoms with Crippen LogP contribution in [-0.4, -0.2) is 22.8 Å². The van der Waals surface area contributed by atoms with Crippen LogP contribution in [0.3, 0.4) is 0 Å². The molecule has 88 valence electrons. The lowest BCUT2D eigenvalue weighted by Crippen LogP contribution is -2.06. The second-order valence-corrected chi connectivity index (χ2v) is 3.55. The molecule has 0 atom stereocenters. The van der Waals surface area contributed by atoms with Gasteiger partial charge in [-0.2, -0.15) is 8.78 Å². The molecule has 0 amide bonds. The number of aromatic hydroxyl groups is 1. The zero-order valence-electron chi connectivity index (χ0n) is 8.12. The largest absolute Gasteiger partial charge is 0.504 e. The molecule has 1 aromatic rings. The van der Waals surface area contributed by atoms with Gasteiger partial charge in [-0.1, -0.05) is 28.1 Å². The number of alkyl halides is 3. The van der Waals surface area contributed by atoms with Crippen LogP contribution < -0.4 is 4.74 Å². The summed E-state index contributed by atoms with van der Waals surface area (Å²) >= 11 is 2.97. The molecular weight excluding hydrogens is 286 g/mol. The lowest BCUT2D eigenvalue weighted by molar-refractivity contribution is -0.115. The maximum Gasteiger partial charge on any atom is 0.387 e. The zero-order valence-corrected chi connectivity index (χ0v) is 9.71. The summed E-state index contributed by atoms with van der Waals surface area (Å²) in [6.45, 7) is -3.01. The number of hydrogen-bond acceptors (Lipinski definition) is 3. The van der Waals surface area contributed by atoms with E-state index in [9.17, 15) is 18.7 Å². The number of phenols is 1. The molecule has 0 fully saturated rings. The van der Waals surface area contributed by atoms with E-state index in [4.69, 9.17) is 0 Å². The Balaban J connectivity index is 2.90. The van der Waals surface area contributed by atoms with Crippen LogP contribution in [0.15, 0.2) is 18.2 Å². The van der Waals surface area contributed by atoms with E-state index >= 15 is 0 Å². The van der Waals surface area contributed by atoms with Crippen LogP contribution in [0.4, 0.5) is 8.78 Å². The summed E-state index contributed by atoms with van der Waals surface area (Å²) in [4.78, 5) is 11.1. The van der Waals surface area contributed by atoms with E-state index in [0.29, 0.717) is 0 Å². The van der Waals surface area contributed by atoms with E-state index in [2.05, 4.69) is 20.7 Å². The number of Topliss-reactive ketones (excluding diaryl/α,β-unsaturated/α-hetero) is 1. The van der Waals surface area contributed by atoms with Crippen LogP contribution in [0.1, 0.15) is 5.56 Å². The highest BCUT2D eigenvalue weighted by Crippen LogP contribution is 2.31. The molecule has 1 rings (SSSR count). The van der Waals surface area contributed by atoms with E-state index in [1.165, 1.54) is 18.2 Å². The first-order valence-electron chi connectivity index (χ1n) is 4.38. The first-order chi connectivity index (χ1) is 7.54. The second-order valence-electron chi connectivity index (χ2n) is 2.99. The zero-order chi connectivity index (χ0) is 12.1. The van der Waals surface area contributed by atoms with Crippen molar-refractivity contribution in [3.63, 3.8) is 0 Å². The first kappa shape index (κ1) is 12.9. The standard InChI is InChI=1S/C10H9BrF2O3/c11-5-7(14)4-6-2-1-3-8(9(6)15)16-10(12)13/h1-3,10,15H,4-5H2. The topological polar surface area (TPSA) is 46.5 Å². The fourth-order valence-corrected chi connectivity index (χ4v) is 1.36. The molecule has 0 aromatic heterocycles. The fourth-order valence-electron chi connectivity index (χ4n) is 1.16. The number of phenolic OH excluding ortho intramolecular Hbond substituents is 1. The molecule has 0 aliphatic rings. The third kappa shape index (κ3) is 3.44. The third-order valence-electron chi connectivity index (χ3n) is 1.84. The van der Waals surface area contributed by atoms with Crippen molar-refractivity contribution in [3.05, 3.63) is 23.8 Å². The smallest absolute Gasteiger partial charge is 0.387 e. The molecule has 0 bridgehead atoms. The maximum absolute atomic E-state index is 12.0. The van der Waals surface area contributed by atoms with Crippen LogP contribution in [0.25, 0.3) is 0 Å². The maximum atomic E-state index is 12.0. The van der Waals surface area contributed by atoms with Crippen LogP contribution in [-0.2, 0) is 11.2 Å². The Bertz CT molecular complexity index is 382. The highest BCUT2D eigenvalue weighted by atomic mass is 79.9. The predicted octanol–water partition coefficient (Wildman–Crippen LogP) is 2.50. The molecule has 6 heteroatoms. The van der Waals surface area contributed by atoms with Gasteiger partial charge in [-0.3, -0.25) is 4.79 Å². The normalized spacial score (nSPS) is 10.5. The van der Waals surface area contributed by atoms with Crippen molar-refractivity contribution in [3.8, 4) is 11.5 Å². The van der Waals surface area contributed by atoms with Gasteiger partial charge in [-0.15, -0.1) is 0 Å². The van der Waals surface area contributed by atoms with Gasteiger partial charge in [0.1, 0.15) is 5.78 Å². The van der Waals surface area contributed by atoms with Crippen molar-refractivity contribution in [2.24, 2.45) is 0 Å². The molecule has 0 spiro atoms. The van der Waals surface area contributed by atoms with E-state index in [-0.39, 0.29) is 28.8 Å². The number of rotatable bonds is 5. The Morgan fingerprint density at radius 3 is 2.75 bits per heavy atom. The van der Waals surface area contributed by atoms with Crippen LogP contribution >= 0.6 is 15.9 Å². The number of hydrogen-bond donors (Lipinski definition) is 1. The van der Waals surface area contributed by atoms with Crippen molar-refractivity contribution in [1.82, 2.24) is 0 Å². The van der Waals surface area contributed by atoms with Gasteiger partial charge >= 0.3 is 6.61 Å². The Hall–Kier alpha value is -1.17. The summed E-state index contributed by atoms with van der Waals surface area (Å²) in [6, 6.07) is 4.13. The summed E-state index contributed by atoms with van der Waals surface area (Å²) in [5.74, 6) is -0.906. The molecule has 1 N–H and O–H groups in total. The molecule has 0 aliphatic carbocycles. The molecule has 1 aromatic carbocycles. The summed E-state index contributed by atoms with van der Waals surface area (Å²) in [5, 5.41) is 9.70. The second kappa shape index (κ2) is 5.79. The van der Waals surface area contributed by atoms with E-state index < -0.39 is 12.4 Å². The summed E-state index contributed by atoms with van der Waals surface area (Å²) in [6.07, 6.45) is -0.0302. The average Bonchev–Trinajstić information content (AvgIpc) is 2.23. The number of para-hydroxylation sites is 1. The Morgan fingerprint density at radius 2 is 2.19 bits per heavy atom. The lowest BCUT2D eigenvalue weighted by Gasteiger charge is -2.09. The molecular formula is C10H9BrF2O3. The van der Waals surface area contributed by atoms with Gasteiger partial charge in [-0.05, 0) is 6.07 Å². The van der Waals surface area contributed by atoms with Crippen molar-refractivity contribution >= 4 is 21.7 Å². The van der Waals surface area contributed by atoms with Gasteiger partial charge in [-0.25, -0.2) is 0 Å². The summed E-state index contributed by atoms with van der Waals surface area (Å²) < 4.78 is 28.0. The van der Waals surface area contributed by atoms with E-state index in [1.807, 2.05) is 0 Å². The number of carbonyl (C=O) groups is 1. The molecule has 3 nitrogen and oxygen atoms in total. The highest BCUT2D eigenvalue weighted by Gasteiger charge is 2.14. The molecule has 0 saturated carbocycles. The Morgan fingerprint density at radius 1 is 1.50 bits per heavy atom. The van der Waals surface area contributed by atoms with Crippen molar-refractivity contribution < 1.29 is 23.4 Å². The Labute approximate surface area is 99.2 Å². The van der Waals surface area contributed by atoms with Crippen LogP contribution in [0, 0.1) is 0 Å². The number of ketones is 1. The predicted molar refractivity (Wildman–Crippen MR) is 57.2 cm³/mol. The quantitative estimate of drug-likeness (QED) is 0.849. The van der Waals surface area contributed by atoms with Gasteiger partial charge in [0.05, 0.1) is 5.33 Å². The van der Waals surface area contributed by atoms with Crippen molar-refractivity contribution in [1.29, 1.82) is 0 Å². The molecule has 16 heavy (non-hydrogen) atoms.